The minimum absolute atomic E-state index is 0.212. The van der Waals surface area contributed by atoms with E-state index in [1.165, 1.54) is 24.1 Å². The normalized spacial score (nSPS) is 26.6. The van der Waals surface area contributed by atoms with Crippen LogP contribution in [0.4, 0.5) is 15.8 Å². The van der Waals surface area contributed by atoms with Crippen LogP contribution in [0.5, 0.6) is 5.75 Å². The molecule has 0 saturated carbocycles. The van der Waals surface area contributed by atoms with Gasteiger partial charge in [0.2, 0.25) is 11.8 Å². The molecule has 3 amide bonds. The van der Waals surface area contributed by atoms with Crippen LogP contribution in [-0.4, -0.2) is 30.9 Å². The lowest BCUT2D eigenvalue weighted by Gasteiger charge is -2.30. The van der Waals surface area contributed by atoms with Crippen molar-refractivity contribution in [2.75, 3.05) is 16.9 Å². The predicted octanol–water partition coefficient (Wildman–Crippen LogP) is 3.37. The fraction of sp³-hybridized carbons (Fsp3) is 0.250. The van der Waals surface area contributed by atoms with Crippen molar-refractivity contribution < 1.29 is 23.5 Å². The van der Waals surface area contributed by atoms with E-state index in [2.05, 4.69) is 5.32 Å². The molecule has 0 bridgehead atoms. The summed E-state index contributed by atoms with van der Waals surface area (Å²) < 4.78 is 18.9. The van der Waals surface area contributed by atoms with Gasteiger partial charge in [0.1, 0.15) is 17.1 Å². The van der Waals surface area contributed by atoms with E-state index in [0.717, 1.165) is 5.56 Å². The van der Waals surface area contributed by atoms with Gasteiger partial charge in [0, 0.05) is 17.3 Å². The number of hydrogen-bond acceptors (Lipinski definition) is 5. The number of halogens is 1. The highest BCUT2D eigenvalue weighted by Gasteiger charge is 2.71. The van der Waals surface area contributed by atoms with Gasteiger partial charge in [-0.1, -0.05) is 42.5 Å². The minimum Gasteiger partial charge on any atom is -0.495 e. The molecule has 7 nitrogen and oxygen atoms in total. The van der Waals surface area contributed by atoms with Crippen LogP contribution >= 0.6 is 0 Å². The maximum atomic E-state index is 14.2. The molecule has 8 heteroatoms. The van der Waals surface area contributed by atoms with Crippen LogP contribution in [0.15, 0.2) is 72.8 Å². The summed E-state index contributed by atoms with van der Waals surface area (Å²) in [4.78, 5) is 44.8. The summed E-state index contributed by atoms with van der Waals surface area (Å²) in [7, 11) is 1.49. The molecular formula is C28H24FN3O4. The van der Waals surface area contributed by atoms with Crippen LogP contribution in [0.3, 0.4) is 0 Å². The number of nitrogens with one attached hydrogen (secondary N) is 1. The smallest absolute Gasteiger partial charge is 0.253 e. The third-order valence-electron chi connectivity index (χ3n) is 7.59. The Morgan fingerprint density at radius 3 is 2.31 bits per heavy atom. The average molecular weight is 486 g/mol. The zero-order valence-corrected chi connectivity index (χ0v) is 19.8. The summed E-state index contributed by atoms with van der Waals surface area (Å²) in [6.07, 6.45) is 0. The number of benzene rings is 3. The largest absolute Gasteiger partial charge is 0.495 e. The second kappa shape index (κ2) is 7.99. The summed E-state index contributed by atoms with van der Waals surface area (Å²) in [6.45, 7) is 2.05. The fourth-order valence-electron chi connectivity index (χ4n) is 6.09. The number of carbonyl (C=O) groups is 3. The molecule has 0 unspecified atom stereocenters. The Morgan fingerprint density at radius 1 is 0.917 bits per heavy atom. The van der Waals surface area contributed by atoms with E-state index in [-0.39, 0.29) is 24.2 Å². The van der Waals surface area contributed by atoms with Crippen LogP contribution in [0.1, 0.15) is 18.1 Å². The van der Waals surface area contributed by atoms with Gasteiger partial charge in [-0.25, -0.2) is 9.29 Å². The third-order valence-corrected chi connectivity index (χ3v) is 7.59. The van der Waals surface area contributed by atoms with Gasteiger partial charge in [0.15, 0.2) is 0 Å². The predicted molar refractivity (Wildman–Crippen MR) is 131 cm³/mol. The molecule has 4 atom stereocenters. The topological polar surface area (TPSA) is 79.0 Å². The van der Waals surface area contributed by atoms with Crippen molar-refractivity contribution in [2.24, 2.45) is 11.8 Å². The highest BCUT2D eigenvalue weighted by Crippen LogP contribution is 2.55. The van der Waals surface area contributed by atoms with Crippen molar-refractivity contribution >= 4 is 29.1 Å². The van der Waals surface area contributed by atoms with Gasteiger partial charge < -0.3 is 9.64 Å². The van der Waals surface area contributed by atoms with Gasteiger partial charge in [-0.05, 0) is 42.8 Å². The van der Waals surface area contributed by atoms with E-state index in [1.54, 1.807) is 41.3 Å². The van der Waals surface area contributed by atoms with Crippen LogP contribution < -0.4 is 19.9 Å². The van der Waals surface area contributed by atoms with Crippen molar-refractivity contribution in [3.63, 3.8) is 0 Å². The van der Waals surface area contributed by atoms with E-state index in [9.17, 15) is 18.8 Å². The van der Waals surface area contributed by atoms with Crippen molar-refractivity contribution in [1.29, 1.82) is 0 Å². The van der Waals surface area contributed by atoms with Crippen LogP contribution in [-0.2, 0) is 26.5 Å². The molecular weight excluding hydrogens is 461 g/mol. The molecule has 6 rings (SSSR count). The molecule has 3 aromatic carbocycles. The van der Waals surface area contributed by atoms with E-state index in [4.69, 9.17) is 4.74 Å². The number of fused-ring (bicyclic) bond motifs is 4. The summed E-state index contributed by atoms with van der Waals surface area (Å²) in [5.41, 5.74) is 1.07. The molecule has 0 aliphatic carbocycles. The number of nitrogens with zero attached hydrogens (tertiary/aromatic N) is 2. The second-order valence-corrected chi connectivity index (χ2v) is 9.46. The fourth-order valence-corrected chi connectivity index (χ4v) is 6.09. The summed E-state index contributed by atoms with van der Waals surface area (Å²) in [5.74, 6) is -2.67. The van der Waals surface area contributed by atoms with Gasteiger partial charge in [-0.3, -0.25) is 19.7 Å². The second-order valence-electron chi connectivity index (χ2n) is 9.46. The molecule has 2 saturated heterocycles. The zero-order valence-electron chi connectivity index (χ0n) is 19.8. The lowest BCUT2D eigenvalue weighted by atomic mass is 9.76. The Morgan fingerprint density at radius 2 is 1.58 bits per heavy atom. The molecule has 2 fully saturated rings. The highest BCUT2D eigenvalue weighted by molar-refractivity contribution is 6.26. The standard InChI is InChI=1S/C28H24FN3O4/c1-16-23-24(26(34)32(25(23)33)21-9-5-6-10-22(21)36-2)28(30-16)19-7-3-4-8-20(19)31(27(28)35)15-17-11-13-18(29)14-12-17/h3-14,16,23-24,30H,15H2,1-2H3/t16-,23-,24+,28+/m1/s1. The first kappa shape index (κ1) is 22.4. The molecule has 3 aliphatic heterocycles. The maximum Gasteiger partial charge on any atom is 0.253 e. The lowest BCUT2D eigenvalue weighted by molar-refractivity contribution is -0.132. The number of amides is 3. The minimum atomic E-state index is -1.38. The third kappa shape index (κ3) is 2.91. The number of imide groups is 1. The van der Waals surface area contributed by atoms with Crippen LogP contribution in [0.25, 0.3) is 0 Å². The number of para-hydroxylation sites is 3. The van der Waals surface area contributed by atoms with Gasteiger partial charge in [-0.2, -0.15) is 0 Å². The van der Waals surface area contributed by atoms with E-state index >= 15 is 0 Å². The van der Waals surface area contributed by atoms with Gasteiger partial charge >= 0.3 is 0 Å². The molecule has 3 aromatic rings. The highest BCUT2D eigenvalue weighted by atomic mass is 19.1. The first-order valence-corrected chi connectivity index (χ1v) is 11.8. The van der Waals surface area contributed by atoms with Gasteiger partial charge in [0.05, 0.1) is 31.2 Å². The van der Waals surface area contributed by atoms with Crippen molar-refractivity contribution in [3.05, 3.63) is 89.7 Å². The SMILES string of the molecule is COc1ccccc1N1C(=O)[C@H]2[C@@H](C1=O)[C@]1(N[C@@H]2C)C(=O)N(Cc2ccc(F)cc2)c2ccccc21. The Labute approximate surface area is 207 Å². The van der Waals surface area contributed by atoms with Crippen molar-refractivity contribution in [3.8, 4) is 5.75 Å². The van der Waals surface area contributed by atoms with Gasteiger partial charge in [-0.15, -0.1) is 0 Å². The first-order chi connectivity index (χ1) is 17.4. The lowest BCUT2D eigenvalue weighted by Crippen LogP contribution is -2.54. The Balaban J connectivity index is 1.46. The van der Waals surface area contributed by atoms with Crippen molar-refractivity contribution in [2.45, 2.75) is 25.0 Å². The molecule has 3 aliphatic rings. The maximum absolute atomic E-state index is 14.2. The Kier molecular flexibility index (Phi) is 4.98. The quantitative estimate of drug-likeness (QED) is 0.574. The molecule has 0 radical (unpaired) electrons. The molecule has 0 aromatic heterocycles. The number of hydrogen-bond donors (Lipinski definition) is 1. The molecule has 36 heavy (non-hydrogen) atoms. The number of rotatable bonds is 4. The molecule has 3 heterocycles. The zero-order chi connectivity index (χ0) is 25.2. The summed E-state index contributed by atoms with van der Waals surface area (Å²) >= 11 is 0. The Hall–Kier alpha value is -4.04. The van der Waals surface area contributed by atoms with E-state index in [1.807, 2.05) is 31.2 Å². The monoisotopic (exact) mass is 485 g/mol. The summed E-state index contributed by atoms with van der Waals surface area (Å²) in [5, 5.41) is 3.37. The summed E-state index contributed by atoms with van der Waals surface area (Å²) in [6, 6.07) is 19.8. The van der Waals surface area contributed by atoms with Gasteiger partial charge in [0.25, 0.3) is 5.91 Å². The first-order valence-electron chi connectivity index (χ1n) is 11.8. The average Bonchev–Trinajstić information content (AvgIpc) is 3.43. The molecule has 182 valence electrons. The molecule has 1 N–H and O–H groups in total. The Bertz CT molecular complexity index is 1410. The van der Waals surface area contributed by atoms with Crippen molar-refractivity contribution in [1.82, 2.24) is 5.32 Å². The number of ether oxygens (including phenoxy) is 1. The molecule has 1 spiro atoms. The van der Waals surface area contributed by atoms with Crippen LogP contribution in [0.2, 0.25) is 0 Å². The number of methoxy groups -OCH3 is 1. The number of anilines is 2. The van der Waals surface area contributed by atoms with E-state index < -0.39 is 29.3 Å². The van der Waals surface area contributed by atoms with E-state index in [0.29, 0.717) is 22.7 Å². The number of carbonyl (C=O) groups excluding carboxylic acids is 3. The van der Waals surface area contributed by atoms with Crippen LogP contribution in [0, 0.1) is 17.7 Å².